The third kappa shape index (κ3) is 4.80. The number of hydrogen-bond donors (Lipinski definition) is 1. The van der Waals surface area contributed by atoms with Crippen molar-refractivity contribution in [2.75, 3.05) is 14.2 Å². The van der Waals surface area contributed by atoms with E-state index in [0.717, 1.165) is 19.3 Å². The molecule has 0 bridgehead atoms. The Morgan fingerprint density at radius 3 is 2.07 bits per heavy atom. The lowest BCUT2D eigenvalue weighted by atomic mass is 9.85. The molecule has 28 heavy (non-hydrogen) atoms. The highest BCUT2D eigenvalue weighted by atomic mass is 16.5. The van der Waals surface area contributed by atoms with Crippen LogP contribution in [0.5, 0.6) is 11.5 Å². The van der Waals surface area contributed by atoms with Gasteiger partial charge in [-0.05, 0) is 31.1 Å². The molecule has 0 aromatic heterocycles. The molecule has 1 aliphatic carbocycles. The van der Waals surface area contributed by atoms with Crippen LogP contribution in [-0.4, -0.2) is 36.7 Å². The molecule has 0 heterocycles. The van der Waals surface area contributed by atoms with Crippen LogP contribution in [0, 0.1) is 0 Å². The molecule has 1 aromatic rings. The maximum absolute atomic E-state index is 13.1. The van der Waals surface area contributed by atoms with E-state index in [1.165, 1.54) is 46.0 Å². The number of allylic oxidation sites excluding steroid dienone is 2. The second-order valence-corrected chi connectivity index (χ2v) is 6.89. The fourth-order valence-corrected chi connectivity index (χ4v) is 3.48. The topological polar surface area (TPSA) is 85.2 Å². The molecule has 0 radical (unpaired) electrons. The van der Waals surface area contributed by atoms with Gasteiger partial charge in [0.25, 0.3) is 0 Å². The fourth-order valence-electron chi connectivity index (χ4n) is 3.48. The molecule has 0 spiro atoms. The van der Waals surface area contributed by atoms with Crippen LogP contribution in [0.25, 0.3) is 0 Å². The smallest absolute Gasteiger partial charge is 0.199 e. The number of carbonyl (C=O) groups is 2. The number of ether oxygens (including phenoxy) is 2. The average Bonchev–Trinajstić information content (AvgIpc) is 2.72. The number of rotatable bonds is 11. The Hall–Kier alpha value is -2.63. The van der Waals surface area contributed by atoms with Crippen LogP contribution < -0.4 is 9.47 Å². The number of oxime groups is 1. The quantitative estimate of drug-likeness (QED) is 0.250. The van der Waals surface area contributed by atoms with Gasteiger partial charge in [-0.25, -0.2) is 0 Å². The number of benzene rings is 1. The van der Waals surface area contributed by atoms with Crippen molar-refractivity contribution in [2.24, 2.45) is 5.16 Å². The summed E-state index contributed by atoms with van der Waals surface area (Å²) in [4.78, 5) is 25.8. The maximum atomic E-state index is 13.1. The van der Waals surface area contributed by atoms with Crippen LogP contribution in [-0.2, 0) is 0 Å². The second kappa shape index (κ2) is 10.6. The minimum atomic E-state index is -0.388. The first kappa shape index (κ1) is 21.7. The number of fused-ring (bicyclic) bond motifs is 1. The minimum Gasteiger partial charge on any atom is -0.496 e. The molecule has 2 rings (SSSR count). The van der Waals surface area contributed by atoms with Crippen LogP contribution in [0.4, 0.5) is 0 Å². The van der Waals surface area contributed by atoms with E-state index in [9.17, 15) is 14.8 Å². The van der Waals surface area contributed by atoms with Gasteiger partial charge in [-0.2, -0.15) is 0 Å². The first-order valence-corrected chi connectivity index (χ1v) is 9.86. The molecular formula is C22H29NO5. The van der Waals surface area contributed by atoms with E-state index >= 15 is 0 Å². The molecule has 0 atom stereocenters. The molecule has 0 aliphatic heterocycles. The van der Waals surface area contributed by atoms with Crippen molar-refractivity contribution >= 4 is 17.3 Å². The zero-order valence-corrected chi connectivity index (χ0v) is 16.9. The normalized spacial score (nSPS) is 14.0. The number of carbonyl (C=O) groups excluding carboxylic acids is 2. The van der Waals surface area contributed by atoms with Gasteiger partial charge in [0.05, 0.1) is 36.6 Å². The van der Waals surface area contributed by atoms with Crippen molar-refractivity contribution in [3.63, 3.8) is 0 Å². The van der Waals surface area contributed by atoms with Crippen LogP contribution >= 0.6 is 0 Å². The van der Waals surface area contributed by atoms with Crippen LogP contribution in [0.3, 0.4) is 0 Å². The average molecular weight is 387 g/mol. The van der Waals surface area contributed by atoms with Crippen molar-refractivity contribution in [1.29, 1.82) is 0 Å². The van der Waals surface area contributed by atoms with Gasteiger partial charge in [0.15, 0.2) is 11.6 Å². The van der Waals surface area contributed by atoms with Crippen molar-refractivity contribution in [2.45, 2.75) is 58.3 Å². The molecule has 1 aliphatic rings. The predicted octanol–water partition coefficient (Wildman–Crippen LogP) is 4.98. The fraction of sp³-hybridized carbons (Fsp3) is 0.500. The van der Waals surface area contributed by atoms with Gasteiger partial charge < -0.3 is 14.7 Å². The lowest BCUT2D eigenvalue weighted by molar-refractivity contribution is 0.0983. The van der Waals surface area contributed by atoms with E-state index in [4.69, 9.17) is 9.47 Å². The molecule has 0 saturated heterocycles. The van der Waals surface area contributed by atoms with Crippen LogP contribution in [0.15, 0.2) is 28.9 Å². The maximum Gasteiger partial charge on any atom is 0.199 e. The predicted molar refractivity (Wildman–Crippen MR) is 108 cm³/mol. The zero-order valence-electron chi connectivity index (χ0n) is 16.9. The number of ketones is 2. The summed E-state index contributed by atoms with van der Waals surface area (Å²) in [6.45, 7) is 2.18. The standard InChI is InChI=1S/C22H29NO5/c1-4-5-6-7-8-9-10-11-16(23-26)15-14-17(24)20-18(27-2)12-13-19(28-3)21(20)22(15)25/h12-14,26H,4-11H2,1-3H3. The Labute approximate surface area is 166 Å². The molecule has 6 heteroatoms. The molecule has 0 fully saturated rings. The van der Waals surface area contributed by atoms with E-state index in [1.807, 2.05) is 0 Å². The highest BCUT2D eigenvalue weighted by Gasteiger charge is 2.33. The highest BCUT2D eigenvalue weighted by Crippen LogP contribution is 2.36. The Kier molecular flexibility index (Phi) is 8.23. The zero-order chi connectivity index (χ0) is 20.5. The minimum absolute atomic E-state index is 0.123. The molecule has 0 unspecified atom stereocenters. The van der Waals surface area contributed by atoms with E-state index in [2.05, 4.69) is 12.1 Å². The first-order valence-electron chi connectivity index (χ1n) is 9.86. The number of nitrogens with zero attached hydrogens (tertiary/aromatic N) is 1. The highest BCUT2D eigenvalue weighted by molar-refractivity contribution is 6.37. The number of unbranched alkanes of at least 4 members (excludes halogenated alkanes) is 6. The summed E-state index contributed by atoms with van der Waals surface area (Å²) in [6.07, 6.45) is 9.45. The summed E-state index contributed by atoms with van der Waals surface area (Å²) in [5, 5.41) is 12.8. The summed E-state index contributed by atoms with van der Waals surface area (Å²) >= 11 is 0. The molecule has 0 amide bonds. The van der Waals surface area contributed by atoms with Gasteiger partial charge >= 0.3 is 0 Å². The van der Waals surface area contributed by atoms with Gasteiger partial charge in [-0.15, -0.1) is 0 Å². The SMILES string of the molecule is CCCCCCCCCC(=NO)C1=CC(=O)c2c(OC)ccc(OC)c2C1=O. The summed E-state index contributed by atoms with van der Waals surface area (Å²) in [5.41, 5.74) is 0.703. The molecule has 1 aromatic carbocycles. The third-order valence-electron chi connectivity index (χ3n) is 5.01. The van der Waals surface area contributed by atoms with E-state index in [1.54, 1.807) is 12.1 Å². The van der Waals surface area contributed by atoms with E-state index < -0.39 is 0 Å². The Balaban J connectivity index is 2.15. The summed E-state index contributed by atoms with van der Waals surface area (Å²) in [6, 6.07) is 3.19. The summed E-state index contributed by atoms with van der Waals surface area (Å²) in [7, 11) is 2.89. The lowest BCUT2D eigenvalue weighted by Crippen LogP contribution is -2.23. The molecule has 0 saturated carbocycles. The van der Waals surface area contributed by atoms with Crippen molar-refractivity contribution in [3.05, 3.63) is 34.9 Å². The molecule has 1 N–H and O–H groups in total. The van der Waals surface area contributed by atoms with Gasteiger partial charge in [0, 0.05) is 0 Å². The number of hydrogen-bond acceptors (Lipinski definition) is 6. The molecule has 152 valence electrons. The van der Waals surface area contributed by atoms with Crippen LogP contribution in [0.1, 0.15) is 79.0 Å². The molecule has 6 nitrogen and oxygen atoms in total. The lowest BCUT2D eigenvalue weighted by Gasteiger charge is -2.20. The monoisotopic (exact) mass is 387 g/mol. The van der Waals surface area contributed by atoms with Crippen molar-refractivity contribution in [1.82, 2.24) is 0 Å². The second-order valence-electron chi connectivity index (χ2n) is 6.89. The van der Waals surface area contributed by atoms with Gasteiger partial charge in [0.1, 0.15) is 11.5 Å². The summed E-state index contributed by atoms with van der Waals surface area (Å²) in [5.74, 6) is -0.130. The Morgan fingerprint density at radius 2 is 1.50 bits per heavy atom. The van der Waals surface area contributed by atoms with Crippen molar-refractivity contribution < 1.29 is 24.3 Å². The molecular weight excluding hydrogens is 358 g/mol. The van der Waals surface area contributed by atoms with Gasteiger partial charge in [-0.1, -0.05) is 50.6 Å². The summed E-state index contributed by atoms with van der Waals surface area (Å²) < 4.78 is 10.5. The van der Waals surface area contributed by atoms with E-state index in [-0.39, 0.29) is 34.0 Å². The third-order valence-corrected chi connectivity index (χ3v) is 5.01. The Bertz CT molecular complexity index is 779. The van der Waals surface area contributed by atoms with E-state index in [0.29, 0.717) is 17.9 Å². The van der Waals surface area contributed by atoms with Crippen LogP contribution in [0.2, 0.25) is 0 Å². The Morgan fingerprint density at radius 1 is 0.929 bits per heavy atom. The van der Waals surface area contributed by atoms with Gasteiger partial charge in [0.2, 0.25) is 0 Å². The van der Waals surface area contributed by atoms with Crippen molar-refractivity contribution in [3.8, 4) is 11.5 Å². The number of methoxy groups -OCH3 is 2. The number of Topliss-reactive ketones (excluding diaryl/α,β-unsaturated/α-hetero) is 1. The largest absolute Gasteiger partial charge is 0.496 e. The van der Waals surface area contributed by atoms with Gasteiger partial charge in [-0.3, -0.25) is 9.59 Å². The first-order chi connectivity index (χ1) is 13.6.